The molecule has 1 aromatic rings. The molecular formula is C13H16FN. The highest BCUT2D eigenvalue weighted by Crippen LogP contribution is 2.56. The molecule has 3 unspecified atom stereocenters. The first-order valence-corrected chi connectivity index (χ1v) is 5.75. The molecule has 0 spiro atoms. The second kappa shape index (κ2) is 3.31. The van der Waals surface area contributed by atoms with Crippen molar-refractivity contribution in [1.82, 2.24) is 0 Å². The Bertz CT molecular complexity index is 367. The molecule has 80 valence electrons. The average Bonchev–Trinajstić information content (AvgIpc) is 2.86. The van der Waals surface area contributed by atoms with Gasteiger partial charge in [0.25, 0.3) is 0 Å². The molecule has 2 aliphatic carbocycles. The van der Waals surface area contributed by atoms with Gasteiger partial charge in [-0.05, 0) is 43.1 Å². The second-order valence-corrected chi connectivity index (χ2v) is 5.03. The van der Waals surface area contributed by atoms with E-state index in [0.717, 1.165) is 11.8 Å². The van der Waals surface area contributed by atoms with E-state index in [1.807, 2.05) is 12.1 Å². The maximum absolute atomic E-state index is 13.5. The van der Waals surface area contributed by atoms with Crippen LogP contribution in [0.15, 0.2) is 24.3 Å². The van der Waals surface area contributed by atoms with Crippen LogP contribution in [-0.2, 0) is 0 Å². The monoisotopic (exact) mass is 205 g/mol. The van der Waals surface area contributed by atoms with E-state index in [1.54, 1.807) is 6.07 Å². The highest BCUT2D eigenvalue weighted by molar-refractivity contribution is 5.22. The first-order chi connectivity index (χ1) is 7.25. The van der Waals surface area contributed by atoms with Gasteiger partial charge in [-0.15, -0.1) is 0 Å². The molecule has 1 nitrogen and oxygen atoms in total. The van der Waals surface area contributed by atoms with E-state index in [9.17, 15) is 4.39 Å². The summed E-state index contributed by atoms with van der Waals surface area (Å²) in [6, 6.07) is 6.82. The van der Waals surface area contributed by atoms with Gasteiger partial charge in [-0.3, -0.25) is 0 Å². The van der Waals surface area contributed by atoms with Crippen LogP contribution in [-0.4, -0.2) is 0 Å². The minimum absolute atomic E-state index is 0.0981. The van der Waals surface area contributed by atoms with E-state index in [-0.39, 0.29) is 11.9 Å². The molecule has 2 saturated carbocycles. The van der Waals surface area contributed by atoms with E-state index in [0.29, 0.717) is 11.5 Å². The molecule has 3 rings (SSSR count). The zero-order valence-corrected chi connectivity index (χ0v) is 8.70. The summed E-state index contributed by atoms with van der Waals surface area (Å²) >= 11 is 0. The zero-order chi connectivity index (χ0) is 10.4. The first-order valence-electron chi connectivity index (χ1n) is 5.75. The molecule has 0 aliphatic heterocycles. The van der Waals surface area contributed by atoms with Gasteiger partial charge >= 0.3 is 0 Å². The number of rotatable bonds is 2. The SMILES string of the molecule is NC(c1ccccc1F)C1CC2CC2C1. The van der Waals surface area contributed by atoms with Crippen molar-refractivity contribution < 1.29 is 4.39 Å². The summed E-state index contributed by atoms with van der Waals surface area (Å²) in [4.78, 5) is 0. The van der Waals surface area contributed by atoms with Crippen LogP contribution in [0.5, 0.6) is 0 Å². The second-order valence-electron chi connectivity index (χ2n) is 5.03. The van der Waals surface area contributed by atoms with Crippen LogP contribution in [0, 0.1) is 23.6 Å². The molecule has 15 heavy (non-hydrogen) atoms. The highest BCUT2D eigenvalue weighted by Gasteiger charge is 2.47. The molecule has 2 heteroatoms. The summed E-state index contributed by atoms with van der Waals surface area (Å²) in [5.41, 5.74) is 6.84. The van der Waals surface area contributed by atoms with Gasteiger partial charge in [-0.2, -0.15) is 0 Å². The fourth-order valence-corrected chi connectivity index (χ4v) is 3.05. The van der Waals surface area contributed by atoms with Crippen LogP contribution < -0.4 is 5.73 Å². The van der Waals surface area contributed by atoms with E-state index >= 15 is 0 Å². The Morgan fingerprint density at radius 2 is 1.80 bits per heavy atom. The zero-order valence-electron chi connectivity index (χ0n) is 8.70. The molecule has 2 N–H and O–H groups in total. The molecule has 0 saturated heterocycles. The van der Waals surface area contributed by atoms with Crippen molar-refractivity contribution in [2.24, 2.45) is 23.5 Å². The average molecular weight is 205 g/mol. The lowest BCUT2D eigenvalue weighted by Gasteiger charge is -2.21. The summed E-state index contributed by atoms with van der Waals surface area (Å²) in [7, 11) is 0. The Morgan fingerprint density at radius 1 is 1.13 bits per heavy atom. The summed E-state index contributed by atoms with van der Waals surface area (Å²) in [6.07, 6.45) is 3.81. The summed E-state index contributed by atoms with van der Waals surface area (Å²) in [5.74, 6) is 2.18. The fourth-order valence-electron chi connectivity index (χ4n) is 3.05. The third-order valence-electron chi connectivity index (χ3n) is 4.05. The standard InChI is InChI=1S/C13H16FN/c14-12-4-2-1-3-11(12)13(15)10-6-8-5-9(8)7-10/h1-4,8-10,13H,5-7,15H2. The third-order valence-corrected chi connectivity index (χ3v) is 4.05. The molecule has 3 atom stereocenters. The van der Waals surface area contributed by atoms with Gasteiger partial charge in [0.1, 0.15) is 5.82 Å². The molecule has 0 radical (unpaired) electrons. The Kier molecular flexibility index (Phi) is 2.06. The first kappa shape index (κ1) is 9.34. The molecule has 2 aliphatic rings. The largest absolute Gasteiger partial charge is 0.324 e. The maximum atomic E-state index is 13.5. The minimum Gasteiger partial charge on any atom is -0.324 e. The molecule has 0 aromatic heterocycles. The molecule has 1 aromatic carbocycles. The predicted octanol–water partition coefficient (Wildman–Crippen LogP) is 2.87. The summed E-state index contributed by atoms with van der Waals surface area (Å²) < 4.78 is 13.5. The lowest BCUT2D eigenvalue weighted by Crippen LogP contribution is -2.21. The number of halogens is 1. The number of fused-ring (bicyclic) bond motifs is 1. The van der Waals surface area contributed by atoms with Gasteiger partial charge in [0.2, 0.25) is 0 Å². The highest BCUT2D eigenvalue weighted by atomic mass is 19.1. The van der Waals surface area contributed by atoms with Crippen molar-refractivity contribution in [2.75, 3.05) is 0 Å². The van der Waals surface area contributed by atoms with Crippen LogP contribution >= 0.6 is 0 Å². The Labute approximate surface area is 89.5 Å². The van der Waals surface area contributed by atoms with Crippen LogP contribution in [0.25, 0.3) is 0 Å². The molecule has 0 heterocycles. The number of benzene rings is 1. The van der Waals surface area contributed by atoms with E-state index in [4.69, 9.17) is 5.73 Å². The van der Waals surface area contributed by atoms with Gasteiger partial charge < -0.3 is 5.73 Å². The van der Waals surface area contributed by atoms with Crippen LogP contribution in [0.2, 0.25) is 0 Å². The Hall–Kier alpha value is -0.890. The van der Waals surface area contributed by atoms with Gasteiger partial charge in [-0.1, -0.05) is 18.2 Å². The number of hydrogen-bond donors (Lipinski definition) is 1. The van der Waals surface area contributed by atoms with Crippen molar-refractivity contribution in [1.29, 1.82) is 0 Å². The van der Waals surface area contributed by atoms with E-state index < -0.39 is 0 Å². The van der Waals surface area contributed by atoms with Gasteiger partial charge in [0.15, 0.2) is 0 Å². The molecule has 2 fully saturated rings. The lowest BCUT2D eigenvalue weighted by molar-refractivity contribution is 0.393. The Balaban J connectivity index is 1.79. The van der Waals surface area contributed by atoms with Gasteiger partial charge in [-0.25, -0.2) is 4.39 Å². The summed E-state index contributed by atoms with van der Waals surface area (Å²) in [6.45, 7) is 0. The number of hydrogen-bond acceptors (Lipinski definition) is 1. The quantitative estimate of drug-likeness (QED) is 0.789. The van der Waals surface area contributed by atoms with Crippen LogP contribution in [0.1, 0.15) is 30.9 Å². The van der Waals surface area contributed by atoms with Crippen molar-refractivity contribution in [2.45, 2.75) is 25.3 Å². The normalized spacial score (nSPS) is 34.9. The van der Waals surface area contributed by atoms with Crippen LogP contribution in [0.3, 0.4) is 0 Å². The summed E-state index contributed by atoms with van der Waals surface area (Å²) in [5, 5.41) is 0. The fraction of sp³-hybridized carbons (Fsp3) is 0.538. The third kappa shape index (κ3) is 1.57. The van der Waals surface area contributed by atoms with Crippen molar-refractivity contribution in [3.8, 4) is 0 Å². The lowest BCUT2D eigenvalue weighted by atomic mass is 9.90. The topological polar surface area (TPSA) is 26.0 Å². The smallest absolute Gasteiger partial charge is 0.127 e. The maximum Gasteiger partial charge on any atom is 0.127 e. The van der Waals surface area contributed by atoms with Gasteiger partial charge in [0, 0.05) is 11.6 Å². The molecule has 0 amide bonds. The van der Waals surface area contributed by atoms with Crippen molar-refractivity contribution >= 4 is 0 Å². The van der Waals surface area contributed by atoms with E-state index in [1.165, 1.54) is 25.3 Å². The molecule has 0 bridgehead atoms. The van der Waals surface area contributed by atoms with Crippen molar-refractivity contribution in [3.05, 3.63) is 35.6 Å². The number of nitrogens with two attached hydrogens (primary N) is 1. The van der Waals surface area contributed by atoms with Gasteiger partial charge in [0.05, 0.1) is 0 Å². The Morgan fingerprint density at radius 3 is 2.47 bits per heavy atom. The molecular weight excluding hydrogens is 189 g/mol. The van der Waals surface area contributed by atoms with Crippen LogP contribution in [0.4, 0.5) is 4.39 Å². The van der Waals surface area contributed by atoms with Crippen molar-refractivity contribution in [3.63, 3.8) is 0 Å². The van der Waals surface area contributed by atoms with E-state index in [2.05, 4.69) is 0 Å². The predicted molar refractivity (Wildman–Crippen MR) is 57.6 cm³/mol. The minimum atomic E-state index is -0.148.